The van der Waals surface area contributed by atoms with Gasteiger partial charge < -0.3 is 20.5 Å². The summed E-state index contributed by atoms with van der Waals surface area (Å²) in [6.45, 7) is 8.99. The van der Waals surface area contributed by atoms with Crippen molar-refractivity contribution in [3.05, 3.63) is 63.1 Å². The number of carbonyl (C=O) groups is 2. The number of nitrogen functional groups attached to an aromatic ring is 1. The molecule has 7 heteroatoms. The molecule has 38 heavy (non-hydrogen) atoms. The Hall–Kier alpha value is -2.38. The van der Waals surface area contributed by atoms with Gasteiger partial charge in [0.05, 0.1) is 17.2 Å². The number of carbonyl (C=O) groups excluding carboxylic acids is 2. The van der Waals surface area contributed by atoms with Crippen LogP contribution in [0.5, 0.6) is 0 Å². The summed E-state index contributed by atoms with van der Waals surface area (Å²) in [6.07, 6.45) is 8.15. The van der Waals surface area contributed by atoms with Gasteiger partial charge in [-0.1, -0.05) is 64.3 Å². The van der Waals surface area contributed by atoms with Crippen molar-refractivity contribution in [1.29, 1.82) is 0 Å². The molecule has 0 heterocycles. The number of hydrogen-bond acceptors (Lipinski definition) is 6. The molecule has 1 atom stereocenters. The number of esters is 2. The monoisotopic (exact) mass is 586 g/mol. The number of halogens is 1. The number of ether oxygens (including phenoxy) is 2. The molecule has 0 bridgehead atoms. The molecule has 1 aliphatic rings. The maximum atomic E-state index is 12.7. The summed E-state index contributed by atoms with van der Waals surface area (Å²) in [5.74, 6) is -0.621. The highest BCUT2D eigenvalue weighted by Gasteiger charge is 2.29. The van der Waals surface area contributed by atoms with Crippen LogP contribution in [0.4, 0.5) is 5.69 Å². The lowest BCUT2D eigenvalue weighted by atomic mass is 9.79. The Morgan fingerprint density at radius 2 is 1.68 bits per heavy atom. The molecule has 0 saturated heterocycles. The molecule has 2 aromatic carbocycles. The van der Waals surface area contributed by atoms with E-state index in [0.29, 0.717) is 28.2 Å². The van der Waals surface area contributed by atoms with Gasteiger partial charge in [0.25, 0.3) is 0 Å². The number of hydrogen-bond donors (Lipinski definition) is 2. The number of anilines is 1. The van der Waals surface area contributed by atoms with Crippen LogP contribution in [0.15, 0.2) is 40.9 Å². The van der Waals surface area contributed by atoms with Crippen molar-refractivity contribution >= 4 is 33.6 Å². The first kappa shape index (κ1) is 30.2. The van der Waals surface area contributed by atoms with E-state index in [-0.39, 0.29) is 24.7 Å². The highest BCUT2D eigenvalue weighted by atomic mass is 79.9. The van der Waals surface area contributed by atoms with E-state index in [2.05, 4.69) is 54.2 Å². The van der Waals surface area contributed by atoms with Crippen molar-refractivity contribution in [1.82, 2.24) is 5.32 Å². The Labute approximate surface area is 236 Å². The van der Waals surface area contributed by atoms with E-state index in [1.54, 1.807) is 12.1 Å². The Kier molecular flexibility index (Phi) is 11.2. The van der Waals surface area contributed by atoms with Crippen LogP contribution in [0.2, 0.25) is 0 Å². The van der Waals surface area contributed by atoms with Gasteiger partial charge in [-0.25, -0.2) is 4.79 Å². The van der Waals surface area contributed by atoms with E-state index >= 15 is 0 Å². The van der Waals surface area contributed by atoms with E-state index in [4.69, 9.17) is 15.2 Å². The molecule has 1 fully saturated rings. The molecular weight excluding hydrogens is 544 g/mol. The minimum Gasteiger partial charge on any atom is -0.462 e. The SMILES string of the molecule is CCC1(NCc2cc(C(=O)OCCOC(=O)C(C)c3ccc(CC(C)C)cc3)cc(Br)c2N)CCCCC1. The lowest BCUT2D eigenvalue weighted by molar-refractivity contribution is -0.146. The molecule has 1 saturated carbocycles. The van der Waals surface area contributed by atoms with E-state index in [1.807, 2.05) is 19.1 Å². The zero-order valence-corrected chi connectivity index (χ0v) is 24.9. The highest BCUT2D eigenvalue weighted by Crippen LogP contribution is 2.32. The van der Waals surface area contributed by atoms with Crippen molar-refractivity contribution in [2.24, 2.45) is 5.92 Å². The largest absolute Gasteiger partial charge is 0.462 e. The maximum absolute atomic E-state index is 12.7. The first-order valence-corrected chi connectivity index (χ1v) is 14.7. The highest BCUT2D eigenvalue weighted by molar-refractivity contribution is 9.10. The fourth-order valence-electron chi connectivity index (χ4n) is 5.14. The fourth-order valence-corrected chi connectivity index (χ4v) is 5.64. The van der Waals surface area contributed by atoms with Crippen molar-refractivity contribution in [3.8, 4) is 0 Å². The smallest absolute Gasteiger partial charge is 0.338 e. The number of nitrogens with one attached hydrogen (secondary N) is 1. The Balaban J connectivity index is 1.50. The van der Waals surface area contributed by atoms with E-state index in [9.17, 15) is 9.59 Å². The Morgan fingerprint density at radius 3 is 2.32 bits per heavy atom. The molecule has 2 aromatic rings. The minimum absolute atomic E-state index is 0.00389. The third kappa shape index (κ3) is 8.31. The molecule has 0 aliphatic heterocycles. The summed E-state index contributed by atoms with van der Waals surface area (Å²) in [4.78, 5) is 25.3. The summed E-state index contributed by atoms with van der Waals surface area (Å²) in [5, 5.41) is 3.72. The quantitative estimate of drug-likeness (QED) is 0.159. The summed E-state index contributed by atoms with van der Waals surface area (Å²) in [5.41, 5.74) is 10.5. The van der Waals surface area contributed by atoms with Crippen LogP contribution in [0.1, 0.15) is 99.2 Å². The number of nitrogens with two attached hydrogens (primary N) is 1. The molecule has 208 valence electrons. The molecule has 1 unspecified atom stereocenters. The second-order valence-electron chi connectivity index (χ2n) is 10.9. The van der Waals surface area contributed by atoms with Crippen molar-refractivity contribution < 1.29 is 19.1 Å². The molecule has 0 spiro atoms. The van der Waals surface area contributed by atoms with E-state index in [1.165, 1.54) is 24.8 Å². The van der Waals surface area contributed by atoms with Gasteiger partial charge in [-0.3, -0.25) is 4.79 Å². The lowest BCUT2D eigenvalue weighted by Crippen LogP contribution is -2.45. The van der Waals surface area contributed by atoms with Crippen molar-refractivity contribution in [2.45, 2.75) is 90.6 Å². The third-order valence-corrected chi connectivity index (χ3v) is 8.29. The van der Waals surface area contributed by atoms with Crippen LogP contribution in [0.3, 0.4) is 0 Å². The molecule has 0 aromatic heterocycles. The van der Waals surface area contributed by atoms with Gasteiger partial charge in [0.15, 0.2) is 0 Å². The van der Waals surface area contributed by atoms with Gasteiger partial charge in [0, 0.05) is 16.6 Å². The first-order valence-electron chi connectivity index (χ1n) is 13.9. The standard InChI is InChI=1S/C31H43BrN2O4/c1-5-31(13-7-6-8-14-31)34-20-26-18-25(19-27(32)28(26)33)30(36)38-16-15-37-29(35)22(4)24-11-9-23(10-12-24)17-21(2)3/h9-12,18-19,21-22,34H,5-8,13-17,20,33H2,1-4H3. The zero-order valence-electron chi connectivity index (χ0n) is 23.3. The molecule has 0 radical (unpaired) electrons. The average Bonchev–Trinajstić information content (AvgIpc) is 2.91. The van der Waals surface area contributed by atoms with Crippen LogP contribution >= 0.6 is 15.9 Å². The van der Waals surface area contributed by atoms with Gasteiger partial charge in [-0.15, -0.1) is 0 Å². The molecule has 0 amide bonds. The molecule has 3 N–H and O–H groups in total. The summed E-state index contributed by atoms with van der Waals surface area (Å²) in [7, 11) is 0. The second-order valence-corrected chi connectivity index (χ2v) is 11.8. The average molecular weight is 588 g/mol. The number of benzene rings is 2. The van der Waals surface area contributed by atoms with Gasteiger partial charge in [-0.05, 0) is 83.3 Å². The van der Waals surface area contributed by atoms with Gasteiger partial charge in [0.1, 0.15) is 13.2 Å². The van der Waals surface area contributed by atoms with Gasteiger partial charge >= 0.3 is 11.9 Å². The summed E-state index contributed by atoms with van der Waals surface area (Å²) < 4.78 is 11.4. The Bertz CT molecular complexity index is 1080. The third-order valence-electron chi connectivity index (χ3n) is 7.63. The molecule has 3 rings (SSSR count). The van der Waals surface area contributed by atoms with Crippen LogP contribution in [-0.4, -0.2) is 30.7 Å². The van der Waals surface area contributed by atoms with E-state index < -0.39 is 11.9 Å². The van der Waals surface area contributed by atoms with Crippen LogP contribution in [0, 0.1) is 5.92 Å². The van der Waals surface area contributed by atoms with Gasteiger partial charge in [0.2, 0.25) is 0 Å². The number of rotatable bonds is 12. The summed E-state index contributed by atoms with van der Waals surface area (Å²) in [6, 6.07) is 11.5. The fraction of sp³-hybridized carbons (Fsp3) is 0.548. The van der Waals surface area contributed by atoms with Crippen LogP contribution in [-0.2, 0) is 27.2 Å². The molecular formula is C31H43BrN2O4. The van der Waals surface area contributed by atoms with Crippen molar-refractivity contribution in [2.75, 3.05) is 18.9 Å². The normalized spacial score (nSPS) is 15.7. The molecule has 6 nitrogen and oxygen atoms in total. The van der Waals surface area contributed by atoms with Crippen LogP contribution in [0.25, 0.3) is 0 Å². The predicted octanol–water partition coefficient (Wildman–Crippen LogP) is 6.94. The lowest BCUT2D eigenvalue weighted by Gasteiger charge is -2.38. The predicted molar refractivity (Wildman–Crippen MR) is 156 cm³/mol. The van der Waals surface area contributed by atoms with Crippen LogP contribution < -0.4 is 11.1 Å². The minimum atomic E-state index is -0.473. The van der Waals surface area contributed by atoms with Crippen molar-refractivity contribution in [3.63, 3.8) is 0 Å². The van der Waals surface area contributed by atoms with Gasteiger partial charge in [-0.2, -0.15) is 0 Å². The summed E-state index contributed by atoms with van der Waals surface area (Å²) >= 11 is 3.49. The second kappa shape index (κ2) is 14.1. The first-order chi connectivity index (χ1) is 18.1. The topological polar surface area (TPSA) is 90.6 Å². The zero-order chi connectivity index (χ0) is 27.7. The maximum Gasteiger partial charge on any atom is 0.338 e. The van der Waals surface area contributed by atoms with E-state index in [0.717, 1.165) is 36.8 Å². The molecule has 1 aliphatic carbocycles. The Morgan fingerprint density at radius 1 is 1.03 bits per heavy atom.